The van der Waals surface area contributed by atoms with Crippen molar-refractivity contribution in [1.82, 2.24) is 15.5 Å². The van der Waals surface area contributed by atoms with E-state index >= 15 is 0 Å². The quantitative estimate of drug-likeness (QED) is 0.610. The van der Waals surface area contributed by atoms with E-state index in [-0.39, 0.29) is 18.1 Å². The van der Waals surface area contributed by atoms with Gasteiger partial charge in [-0.05, 0) is 39.3 Å². The van der Waals surface area contributed by atoms with Gasteiger partial charge in [-0.2, -0.15) is 0 Å². The van der Waals surface area contributed by atoms with E-state index in [2.05, 4.69) is 22.5 Å². The van der Waals surface area contributed by atoms with E-state index < -0.39 is 0 Å². The SMILES string of the molecule is CCNC(=NCC(C)Oc1ccc(C)cc1)NC1CCC(=O)N(C)C1. The van der Waals surface area contributed by atoms with E-state index in [1.807, 2.05) is 45.2 Å². The number of likely N-dealkylation sites (tertiary alicyclic amines) is 1. The third-order valence-electron chi connectivity index (χ3n) is 4.18. The molecule has 1 aromatic rings. The molecule has 1 aliphatic heterocycles. The zero-order valence-corrected chi connectivity index (χ0v) is 15.7. The van der Waals surface area contributed by atoms with Crippen LogP contribution in [0, 0.1) is 6.92 Å². The van der Waals surface area contributed by atoms with Crippen LogP contribution >= 0.6 is 0 Å². The Bertz CT molecular complexity index is 586. The summed E-state index contributed by atoms with van der Waals surface area (Å²) < 4.78 is 5.90. The molecule has 2 rings (SSSR count). The number of nitrogens with zero attached hydrogens (tertiary/aromatic N) is 2. The number of carbonyl (C=O) groups is 1. The fourth-order valence-electron chi connectivity index (χ4n) is 2.75. The second kappa shape index (κ2) is 9.30. The molecule has 6 nitrogen and oxygen atoms in total. The van der Waals surface area contributed by atoms with E-state index in [0.29, 0.717) is 19.5 Å². The van der Waals surface area contributed by atoms with Gasteiger partial charge in [0.1, 0.15) is 11.9 Å². The Morgan fingerprint density at radius 1 is 1.40 bits per heavy atom. The van der Waals surface area contributed by atoms with Gasteiger partial charge in [0.05, 0.1) is 6.54 Å². The topological polar surface area (TPSA) is 66.0 Å². The highest BCUT2D eigenvalue weighted by Crippen LogP contribution is 2.13. The molecule has 2 N–H and O–H groups in total. The minimum atomic E-state index is -0.0197. The minimum Gasteiger partial charge on any atom is -0.489 e. The van der Waals surface area contributed by atoms with E-state index in [1.165, 1.54) is 5.56 Å². The van der Waals surface area contributed by atoms with Crippen molar-refractivity contribution in [2.24, 2.45) is 4.99 Å². The lowest BCUT2D eigenvalue weighted by atomic mass is 10.1. The van der Waals surface area contributed by atoms with Crippen molar-refractivity contribution in [2.45, 2.75) is 45.8 Å². The summed E-state index contributed by atoms with van der Waals surface area (Å²) in [6.45, 7) is 8.17. The first-order valence-electron chi connectivity index (χ1n) is 9.00. The van der Waals surface area contributed by atoms with Gasteiger partial charge in [0, 0.05) is 32.6 Å². The average molecular weight is 346 g/mol. The van der Waals surface area contributed by atoms with Gasteiger partial charge >= 0.3 is 0 Å². The fourth-order valence-corrected chi connectivity index (χ4v) is 2.75. The number of aliphatic imine (C=N–C) groups is 1. The predicted molar refractivity (Wildman–Crippen MR) is 101 cm³/mol. The predicted octanol–water partition coefficient (Wildman–Crippen LogP) is 1.94. The van der Waals surface area contributed by atoms with Gasteiger partial charge in [0.25, 0.3) is 0 Å². The van der Waals surface area contributed by atoms with Crippen molar-refractivity contribution < 1.29 is 9.53 Å². The number of carbonyl (C=O) groups excluding carboxylic acids is 1. The number of guanidine groups is 1. The van der Waals surface area contributed by atoms with Gasteiger partial charge < -0.3 is 20.3 Å². The molecule has 1 aromatic carbocycles. The maximum absolute atomic E-state index is 11.6. The molecule has 0 bridgehead atoms. The molecule has 2 unspecified atom stereocenters. The third kappa shape index (κ3) is 6.29. The number of hydrogen-bond acceptors (Lipinski definition) is 3. The molecule has 1 aliphatic rings. The smallest absolute Gasteiger partial charge is 0.222 e. The van der Waals surface area contributed by atoms with Crippen LogP contribution in [0.2, 0.25) is 0 Å². The number of nitrogens with one attached hydrogen (secondary N) is 2. The molecule has 1 saturated heterocycles. The molecule has 0 aromatic heterocycles. The summed E-state index contributed by atoms with van der Waals surface area (Å²) in [4.78, 5) is 18.0. The highest BCUT2D eigenvalue weighted by Gasteiger charge is 2.23. The van der Waals surface area contributed by atoms with E-state index in [0.717, 1.165) is 24.7 Å². The average Bonchev–Trinajstić information content (AvgIpc) is 2.58. The molecule has 0 aliphatic carbocycles. The van der Waals surface area contributed by atoms with Crippen LogP contribution in [0.25, 0.3) is 0 Å². The number of hydrogen-bond donors (Lipinski definition) is 2. The van der Waals surface area contributed by atoms with Crippen molar-refractivity contribution in [1.29, 1.82) is 0 Å². The molecule has 138 valence electrons. The van der Waals surface area contributed by atoms with Gasteiger partial charge in [-0.1, -0.05) is 17.7 Å². The first kappa shape index (κ1) is 19.1. The van der Waals surface area contributed by atoms with Gasteiger partial charge in [0.2, 0.25) is 5.91 Å². The Kier molecular flexibility index (Phi) is 7.10. The zero-order chi connectivity index (χ0) is 18.2. The van der Waals surface area contributed by atoms with Crippen LogP contribution in [0.1, 0.15) is 32.3 Å². The molecule has 0 saturated carbocycles. The normalized spacial score (nSPS) is 19.5. The molecule has 2 atom stereocenters. The number of piperidine rings is 1. The summed E-state index contributed by atoms with van der Waals surface area (Å²) in [5, 5.41) is 6.69. The number of rotatable bonds is 6. The van der Waals surface area contributed by atoms with Crippen LogP contribution in [0.5, 0.6) is 5.75 Å². The van der Waals surface area contributed by atoms with Crippen LogP contribution in [0.3, 0.4) is 0 Å². The minimum absolute atomic E-state index is 0.0197. The molecule has 1 heterocycles. The largest absolute Gasteiger partial charge is 0.489 e. The van der Waals surface area contributed by atoms with Crippen molar-refractivity contribution in [2.75, 3.05) is 26.7 Å². The Morgan fingerprint density at radius 3 is 2.76 bits per heavy atom. The highest BCUT2D eigenvalue weighted by atomic mass is 16.5. The van der Waals surface area contributed by atoms with Crippen LogP contribution in [-0.4, -0.2) is 55.6 Å². The molecule has 1 amide bonds. The van der Waals surface area contributed by atoms with Crippen molar-refractivity contribution in [3.05, 3.63) is 29.8 Å². The summed E-state index contributed by atoms with van der Waals surface area (Å²) in [7, 11) is 1.84. The van der Waals surface area contributed by atoms with Crippen LogP contribution in [0.15, 0.2) is 29.3 Å². The van der Waals surface area contributed by atoms with Gasteiger partial charge in [-0.25, -0.2) is 4.99 Å². The third-order valence-corrected chi connectivity index (χ3v) is 4.18. The summed E-state index contributed by atoms with van der Waals surface area (Å²) in [6.07, 6.45) is 1.40. The van der Waals surface area contributed by atoms with E-state index in [9.17, 15) is 4.79 Å². The second-order valence-corrected chi connectivity index (χ2v) is 6.62. The molecular weight excluding hydrogens is 316 g/mol. The molecule has 1 fully saturated rings. The summed E-state index contributed by atoms with van der Waals surface area (Å²) in [5.74, 6) is 1.84. The zero-order valence-electron chi connectivity index (χ0n) is 15.7. The maximum atomic E-state index is 11.6. The summed E-state index contributed by atoms with van der Waals surface area (Å²) in [6, 6.07) is 8.27. The van der Waals surface area contributed by atoms with E-state index in [1.54, 1.807) is 4.90 Å². The maximum Gasteiger partial charge on any atom is 0.222 e. The number of aryl methyl sites for hydroxylation is 1. The monoisotopic (exact) mass is 346 g/mol. The number of ether oxygens (including phenoxy) is 1. The lowest BCUT2D eigenvalue weighted by Crippen LogP contribution is -2.51. The van der Waals surface area contributed by atoms with Crippen LogP contribution in [0.4, 0.5) is 0 Å². The molecule has 25 heavy (non-hydrogen) atoms. The Labute approximate surface area is 150 Å². The van der Waals surface area contributed by atoms with E-state index in [4.69, 9.17) is 4.74 Å². The fraction of sp³-hybridized carbons (Fsp3) is 0.579. The number of benzene rings is 1. The molecular formula is C19H30N4O2. The van der Waals surface area contributed by atoms with Gasteiger partial charge in [-0.3, -0.25) is 4.79 Å². The molecule has 0 radical (unpaired) electrons. The second-order valence-electron chi connectivity index (χ2n) is 6.62. The summed E-state index contributed by atoms with van der Waals surface area (Å²) in [5.41, 5.74) is 1.22. The Balaban J connectivity index is 1.87. The number of amides is 1. The van der Waals surface area contributed by atoms with Crippen LogP contribution in [-0.2, 0) is 4.79 Å². The van der Waals surface area contributed by atoms with Crippen molar-refractivity contribution in [3.63, 3.8) is 0 Å². The highest BCUT2D eigenvalue weighted by molar-refractivity contribution is 5.81. The Hall–Kier alpha value is -2.24. The van der Waals surface area contributed by atoms with Gasteiger partial charge in [0.15, 0.2) is 5.96 Å². The lowest BCUT2D eigenvalue weighted by molar-refractivity contribution is -0.132. The molecule has 0 spiro atoms. The molecule has 6 heteroatoms. The number of likely N-dealkylation sites (N-methyl/N-ethyl adjacent to an activating group) is 1. The van der Waals surface area contributed by atoms with Crippen molar-refractivity contribution >= 4 is 11.9 Å². The first-order chi connectivity index (χ1) is 12.0. The van der Waals surface area contributed by atoms with Gasteiger partial charge in [-0.15, -0.1) is 0 Å². The standard InChI is InChI=1S/C19H30N4O2/c1-5-20-19(22-16-8-11-18(24)23(4)13-16)21-12-15(3)25-17-9-6-14(2)7-10-17/h6-7,9-10,15-16H,5,8,11-13H2,1-4H3,(H2,20,21,22). The summed E-state index contributed by atoms with van der Waals surface area (Å²) >= 11 is 0. The lowest BCUT2D eigenvalue weighted by Gasteiger charge is -2.31. The Morgan fingerprint density at radius 2 is 2.12 bits per heavy atom. The van der Waals surface area contributed by atoms with Crippen LogP contribution < -0.4 is 15.4 Å². The first-order valence-corrected chi connectivity index (χ1v) is 9.00. The van der Waals surface area contributed by atoms with Crippen molar-refractivity contribution in [3.8, 4) is 5.75 Å².